The zero-order chi connectivity index (χ0) is 13.9. The van der Waals surface area contributed by atoms with Crippen molar-refractivity contribution >= 4 is 11.8 Å². The van der Waals surface area contributed by atoms with Gasteiger partial charge in [-0.2, -0.15) is 4.98 Å². The molecule has 0 aliphatic heterocycles. The van der Waals surface area contributed by atoms with Crippen LogP contribution in [0.1, 0.15) is 5.56 Å². The van der Waals surface area contributed by atoms with Crippen molar-refractivity contribution in [2.24, 2.45) is 0 Å². The van der Waals surface area contributed by atoms with Crippen molar-refractivity contribution in [3.8, 4) is 11.5 Å². The maximum absolute atomic E-state index is 13.4. The summed E-state index contributed by atoms with van der Waals surface area (Å²) < 4.78 is 18.4. The van der Waals surface area contributed by atoms with Gasteiger partial charge in [0.1, 0.15) is 5.69 Å². The maximum atomic E-state index is 13.4. The van der Waals surface area contributed by atoms with E-state index < -0.39 is 5.82 Å². The Labute approximate surface area is 113 Å². The first-order chi connectivity index (χ1) is 9.72. The standard InChI is InChI=1S/C13H10FN5O/c1-8-4-6-15-10(7-8)12-18-13(20-19-12)17-11-9(14)3-2-5-16-11/h2-7H,1H3,(H,16,17,18,19). The number of rotatable bonds is 3. The van der Waals surface area contributed by atoms with E-state index in [4.69, 9.17) is 4.52 Å². The number of hydrogen-bond acceptors (Lipinski definition) is 6. The first-order valence-corrected chi connectivity index (χ1v) is 5.86. The Bertz CT molecular complexity index is 743. The molecule has 0 aliphatic carbocycles. The second-order valence-electron chi connectivity index (χ2n) is 4.10. The fourth-order valence-corrected chi connectivity index (χ4v) is 1.62. The lowest BCUT2D eigenvalue weighted by atomic mass is 10.2. The highest BCUT2D eigenvalue weighted by Crippen LogP contribution is 2.19. The summed E-state index contributed by atoms with van der Waals surface area (Å²) in [5.41, 5.74) is 1.62. The number of anilines is 2. The Morgan fingerprint density at radius 2 is 2.10 bits per heavy atom. The molecular weight excluding hydrogens is 261 g/mol. The minimum atomic E-state index is -0.499. The minimum Gasteiger partial charge on any atom is -0.315 e. The molecule has 100 valence electrons. The van der Waals surface area contributed by atoms with Gasteiger partial charge in [-0.25, -0.2) is 9.37 Å². The van der Waals surface area contributed by atoms with E-state index >= 15 is 0 Å². The van der Waals surface area contributed by atoms with Gasteiger partial charge < -0.3 is 4.52 Å². The maximum Gasteiger partial charge on any atom is 0.327 e. The molecule has 0 saturated heterocycles. The zero-order valence-electron chi connectivity index (χ0n) is 10.5. The third-order valence-electron chi connectivity index (χ3n) is 2.55. The van der Waals surface area contributed by atoms with Crippen LogP contribution in [0.15, 0.2) is 41.2 Å². The fraction of sp³-hybridized carbons (Fsp3) is 0.0769. The summed E-state index contributed by atoms with van der Waals surface area (Å²) in [5, 5.41) is 6.41. The smallest absolute Gasteiger partial charge is 0.315 e. The van der Waals surface area contributed by atoms with Crippen molar-refractivity contribution in [2.75, 3.05) is 5.32 Å². The van der Waals surface area contributed by atoms with Crippen LogP contribution in [-0.4, -0.2) is 20.1 Å². The number of halogens is 1. The predicted molar refractivity (Wildman–Crippen MR) is 69.7 cm³/mol. The molecule has 1 N–H and O–H groups in total. The number of pyridine rings is 2. The van der Waals surface area contributed by atoms with Crippen LogP contribution in [0.3, 0.4) is 0 Å². The Balaban J connectivity index is 1.86. The van der Waals surface area contributed by atoms with Crippen LogP contribution in [0.5, 0.6) is 0 Å². The van der Waals surface area contributed by atoms with Crippen LogP contribution in [-0.2, 0) is 0 Å². The van der Waals surface area contributed by atoms with E-state index in [-0.39, 0.29) is 11.8 Å². The molecule has 7 heteroatoms. The average Bonchev–Trinajstić information content (AvgIpc) is 2.90. The number of hydrogen-bond donors (Lipinski definition) is 1. The van der Waals surface area contributed by atoms with Gasteiger partial charge in [0.2, 0.25) is 5.82 Å². The van der Waals surface area contributed by atoms with Gasteiger partial charge >= 0.3 is 6.01 Å². The number of aryl methyl sites for hydroxylation is 1. The highest BCUT2D eigenvalue weighted by atomic mass is 19.1. The topological polar surface area (TPSA) is 76.7 Å². The lowest BCUT2D eigenvalue weighted by Crippen LogP contribution is -1.96. The molecule has 6 nitrogen and oxygen atoms in total. The molecule has 0 aliphatic rings. The highest BCUT2D eigenvalue weighted by molar-refractivity contribution is 5.53. The van der Waals surface area contributed by atoms with E-state index in [0.29, 0.717) is 11.5 Å². The first kappa shape index (κ1) is 12.2. The van der Waals surface area contributed by atoms with Crippen LogP contribution >= 0.6 is 0 Å². The summed E-state index contributed by atoms with van der Waals surface area (Å²) in [7, 11) is 0. The van der Waals surface area contributed by atoms with E-state index in [2.05, 4.69) is 25.4 Å². The zero-order valence-corrected chi connectivity index (χ0v) is 10.5. The molecule has 0 amide bonds. The molecule has 0 atom stereocenters. The van der Waals surface area contributed by atoms with Crippen LogP contribution in [0.4, 0.5) is 16.2 Å². The van der Waals surface area contributed by atoms with Gasteiger partial charge in [-0.1, -0.05) is 5.16 Å². The summed E-state index contributed by atoms with van der Waals surface area (Å²) in [5.74, 6) is -0.145. The van der Waals surface area contributed by atoms with Gasteiger partial charge in [-0.3, -0.25) is 10.3 Å². The molecule has 0 bridgehead atoms. The third-order valence-corrected chi connectivity index (χ3v) is 2.55. The number of aromatic nitrogens is 4. The van der Waals surface area contributed by atoms with Crippen molar-refractivity contribution in [3.05, 3.63) is 48.0 Å². The molecule has 0 aromatic carbocycles. The minimum absolute atomic E-state index is 0.0277. The van der Waals surface area contributed by atoms with Crippen molar-refractivity contribution in [1.82, 2.24) is 20.1 Å². The summed E-state index contributed by atoms with van der Waals surface area (Å²) in [6.45, 7) is 1.94. The fourth-order valence-electron chi connectivity index (χ4n) is 1.62. The van der Waals surface area contributed by atoms with Crippen LogP contribution in [0.2, 0.25) is 0 Å². The van der Waals surface area contributed by atoms with Crippen molar-refractivity contribution < 1.29 is 8.91 Å². The van der Waals surface area contributed by atoms with E-state index in [1.165, 1.54) is 18.3 Å². The van der Waals surface area contributed by atoms with Crippen LogP contribution in [0.25, 0.3) is 11.5 Å². The van der Waals surface area contributed by atoms with Gasteiger partial charge in [0.05, 0.1) is 0 Å². The molecular formula is C13H10FN5O. The van der Waals surface area contributed by atoms with Crippen molar-refractivity contribution in [3.63, 3.8) is 0 Å². The van der Waals surface area contributed by atoms with E-state index in [9.17, 15) is 4.39 Å². The molecule has 3 rings (SSSR count). The molecule has 3 heterocycles. The normalized spacial score (nSPS) is 10.5. The predicted octanol–water partition coefficient (Wildman–Crippen LogP) is 2.72. The third kappa shape index (κ3) is 2.46. The summed E-state index contributed by atoms with van der Waals surface area (Å²) >= 11 is 0. The molecule has 0 spiro atoms. The SMILES string of the molecule is Cc1ccnc(-c2noc(Nc3ncccc3F)n2)c1. The van der Waals surface area contributed by atoms with Crippen molar-refractivity contribution in [1.29, 1.82) is 0 Å². The number of nitrogens with one attached hydrogen (secondary N) is 1. The number of nitrogens with zero attached hydrogens (tertiary/aromatic N) is 4. The van der Waals surface area contributed by atoms with E-state index in [1.54, 1.807) is 6.20 Å². The molecule has 0 saturated carbocycles. The Morgan fingerprint density at radius 3 is 2.90 bits per heavy atom. The molecule has 0 unspecified atom stereocenters. The monoisotopic (exact) mass is 271 g/mol. The lowest BCUT2D eigenvalue weighted by Gasteiger charge is -1.99. The molecule has 0 fully saturated rings. The highest BCUT2D eigenvalue weighted by Gasteiger charge is 2.12. The second-order valence-corrected chi connectivity index (χ2v) is 4.10. The molecule has 20 heavy (non-hydrogen) atoms. The summed E-state index contributed by atoms with van der Waals surface area (Å²) in [6.07, 6.45) is 3.12. The quantitative estimate of drug-likeness (QED) is 0.789. The van der Waals surface area contributed by atoms with Gasteiger partial charge in [0.15, 0.2) is 11.6 Å². The van der Waals surface area contributed by atoms with Gasteiger partial charge in [0, 0.05) is 12.4 Å². The summed E-state index contributed by atoms with van der Waals surface area (Å²) in [4.78, 5) is 12.1. The van der Waals surface area contributed by atoms with Crippen LogP contribution < -0.4 is 5.32 Å². The Kier molecular flexibility index (Phi) is 3.08. The van der Waals surface area contributed by atoms with Gasteiger partial charge in [0.25, 0.3) is 0 Å². The van der Waals surface area contributed by atoms with Crippen molar-refractivity contribution in [2.45, 2.75) is 6.92 Å². The Hall–Kier alpha value is -2.83. The van der Waals surface area contributed by atoms with Crippen LogP contribution in [0, 0.1) is 12.7 Å². The van der Waals surface area contributed by atoms with E-state index in [1.807, 2.05) is 19.1 Å². The van der Waals surface area contributed by atoms with Gasteiger partial charge in [-0.05, 0) is 36.8 Å². The molecule has 3 aromatic heterocycles. The Morgan fingerprint density at radius 1 is 1.20 bits per heavy atom. The summed E-state index contributed by atoms with van der Waals surface area (Å²) in [6, 6.07) is 6.54. The lowest BCUT2D eigenvalue weighted by molar-refractivity contribution is 0.434. The van der Waals surface area contributed by atoms with E-state index in [0.717, 1.165) is 5.56 Å². The molecule has 0 radical (unpaired) electrons. The first-order valence-electron chi connectivity index (χ1n) is 5.86. The second kappa shape index (κ2) is 5.04. The van der Waals surface area contributed by atoms with Gasteiger partial charge in [-0.15, -0.1) is 0 Å². The largest absolute Gasteiger partial charge is 0.327 e. The molecule has 3 aromatic rings. The average molecular weight is 271 g/mol.